The molecular weight excluding hydrogens is 757 g/mol. The summed E-state index contributed by atoms with van der Waals surface area (Å²) in [6.07, 6.45) is 63.8. The van der Waals surface area contributed by atoms with E-state index in [2.05, 4.69) is 118 Å². The molecule has 0 aliphatic heterocycles. The lowest BCUT2D eigenvalue weighted by Crippen LogP contribution is -2.30. The average molecular weight is 847 g/mol. The van der Waals surface area contributed by atoms with E-state index in [-0.39, 0.29) is 31.1 Å². The van der Waals surface area contributed by atoms with Crippen LogP contribution in [0.25, 0.3) is 0 Å². The first-order chi connectivity index (χ1) is 30.0. The Hall–Kier alpha value is -3.67. The number of esters is 3. The number of carbonyl (C=O) groups excluding carboxylic acids is 3. The molecule has 1 unspecified atom stereocenters. The Bertz CT molecular complexity index is 1250. The number of rotatable bonds is 43. The van der Waals surface area contributed by atoms with Crippen LogP contribution in [0.2, 0.25) is 0 Å². The van der Waals surface area contributed by atoms with Gasteiger partial charge >= 0.3 is 17.9 Å². The molecule has 0 aromatic carbocycles. The van der Waals surface area contributed by atoms with Gasteiger partial charge in [-0.2, -0.15) is 0 Å². The molecule has 0 heterocycles. The first-order valence-corrected chi connectivity index (χ1v) is 24.8. The van der Waals surface area contributed by atoms with Crippen molar-refractivity contribution in [3.8, 4) is 0 Å². The molecule has 0 saturated carbocycles. The van der Waals surface area contributed by atoms with Crippen molar-refractivity contribution in [2.45, 2.75) is 219 Å². The van der Waals surface area contributed by atoms with E-state index in [1.165, 1.54) is 51.4 Å². The summed E-state index contributed by atoms with van der Waals surface area (Å²) in [5.41, 5.74) is 0. The highest BCUT2D eigenvalue weighted by Crippen LogP contribution is 2.13. The smallest absolute Gasteiger partial charge is 0.306 e. The Labute approximate surface area is 375 Å². The Morgan fingerprint density at radius 2 is 0.721 bits per heavy atom. The van der Waals surface area contributed by atoms with Gasteiger partial charge in [-0.05, 0) is 103 Å². The molecule has 6 nitrogen and oxygen atoms in total. The van der Waals surface area contributed by atoms with Crippen molar-refractivity contribution in [3.63, 3.8) is 0 Å². The zero-order chi connectivity index (χ0) is 44.4. The molecule has 61 heavy (non-hydrogen) atoms. The average Bonchev–Trinajstić information content (AvgIpc) is 3.26. The lowest BCUT2D eigenvalue weighted by molar-refractivity contribution is -0.167. The Balaban J connectivity index is 4.48. The third-order valence-electron chi connectivity index (χ3n) is 10.1. The molecule has 0 bridgehead atoms. The molecule has 0 aliphatic carbocycles. The van der Waals surface area contributed by atoms with E-state index in [4.69, 9.17) is 14.2 Å². The highest BCUT2D eigenvalue weighted by atomic mass is 16.6. The molecule has 0 amide bonds. The molecule has 346 valence electrons. The molecule has 0 radical (unpaired) electrons. The second-order valence-electron chi connectivity index (χ2n) is 16.0. The standard InChI is InChI=1S/C55H90O6/c1-4-7-10-13-16-19-22-25-27-29-30-33-36-39-42-45-48-54(57)60-51-52(50-59-53(56)47-44-41-38-35-32-24-21-18-15-12-9-6-3)61-55(58)49-46-43-40-37-34-31-28-26-23-20-17-14-11-8-5-2/h7-8,10-11,14,16-21,23,25,27,30,33,52H,4-6,9,12-13,15,22,24,26,28-29,31-32,34-51H2,1-3H3/b10-7-,11-8-,17-14-,19-16-,21-18-,23-20-,27-25-,33-30-. The van der Waals surface area contributed by atoms with Crippen molar-refractivity contribution in [2.75, 3.05) is 13.2 Å². The predicted octanol–water partition coefficient (Wildman–Crippen LogP) is 16.2. The van der Waals surface area contributed by atoms with Gasteiger partial charge in [-0.15, -0.1) is 0 Å². The maximum absolute atomic E-state index is 12.8. The predicted molar refractivity (Wildman–Crippen MR) is 260 cm³/mol. The second-order valence-corrected chi connectivity index (χ2v) is 16.0. The van der Waals surface area contributed by atoms with Crippen molar-refractivity contribution in [1.82, 2.24) is 0 Å². The first-order valence-electron chi connectivity index (χ1n) is 24.8. The fourth-order valence-corrected chi connectivity index (χ4v) is 6.43. The van der Waals surface area contributed by atoms with Gasteiger partial charge in [-0.1, -0.05) is 189 Å². The largest absolute Gasteiger partial charge is 0.462 e. The first kappa shape index (κ1) is 57.3. The monoisotopic (exact) mass is 847 g/mol. The fraction of sp³-hybridized carbons (Fsp3) is 0.655. The van der Waals surface area contributed by atoms with Crippen LogP contribution in [0, 0.1) is 0 Å². The molecular formula is C55H90O6. The van der Waals surface area contributed by atoms with Crippen molar-refractivity contribution in [2.24, 2.45) is 0 Å². The van der Waals surface area contributed by atoms with Crippen LogP contribution in [0.15, 0.2) is 97.2 Å². The van der Waals surface area contributed by atoms with E-state index in [0.717, 1.165) is 122 Å². The van der Waals surface area contributed by atoms with E-state index in [1.807, 2.05) is 0 Å². The van der Waals surface area contributed by atoms with E-state index in [0.29, 0.717) is 19.3 Å². The summed E-state index contributed by atoms with van der Waals surface area (Å²) in [4.78, 5) is 37.9. The minimum absolute atomic E-state index is 0.0985. The van der Waals surface area contributed by atoms with Crippen LogP contribution >= 0.6 is 0 Å². The molecule has 0 spiro atoms. The van der Waals surface area contributed by atoms with E-state index in [9.17, 15) is 14.4 Å². The molecule has 0 aromatic heterocycles. The summed E-state index contributed by atoms with van der Waals surface area (Å²) >= 11 is 0. The van der Waals surface area contributed by atoms with Crippen molar-refractivity contribution >= 4 is 17.9 Å². The summed E-state index contributed by atoms with van der Waals surface area (Å²) in [5.74, 6) is -0.957. The molecule has 0 aromatic rings. The van der Waals surface area contributed by atoms with E-state index in [1.54, 1.807) is 0 Å². The number of hydrogen-bond donors (Lipinski definition) is 0. The molecule has 6 heteroatoms. The maximum atomic E-state index is 12.8. The molecule has 0 rings (SSSR count). The molecule has 0 fully saturated rings. The molecule has 1 atom stereocenters. The Morgan fingerprint density at radius 3 is 1.21 bits per heavy atom. The number of ether oxygens (including phenoxy) is 3. The van der Waals surface area contributed by atoms with Crippen LogP contribution in [0.5, 0.6) is 0 Å². The van der Waals surface area contributed by atoms with E-state index >= 15 is 0 Å². The van der Waals surface area contributed by atoms with Gasteiger partial charge in [0.25, 0.3) is 0 Å². The van der Waals surface area contributed by atoms with Gasteiger partial charge in [0.05, 0.1) is 0 Å². The third kappa shape index (κ3) is 47.2. The number of hydrogen-bond acceptors (Lipinski definition) is 6. The highest BCUT2D eigenvalue weighted by Gasteiger charge is 2.19. The zero-order valence-corrected chi connectivity index (χ0v) is 39.4. The second kappa shape index (κ2) is 49.0. The van der Waals surface area contributed by atoms with Gasteiger partial charge in [-0.3, -0.25) is 14.4 Å². The van der Waals surface area contributed by atoms with Crippen molar-refractivity contribution in [1.29, 1.82) is 0 Å². The van der Waals surface area contributed by atoms with Gasteiger partial charge in [0.1, 0.15) is 13.2 Å². The van der Waals surface area contributed by atoms with Gasteiger partial charge in [-0.25, -0.2) is 0 Å². The van der Waals surface area contributed by atoms with E-state index < -0.39 is 6.10 Å². The summed E-state index contributed by atoms with van der Waals surface area (Å²) in [6.45, 7) is 6.31. The highest BCUT2D eigenvalue weighted by molar-refractivity contribution is 5.71. The van der Waals surface area contributed by atoms with Gasteiger partial charge in [0, 0.05) is 19.3 Å². The number of carbonyl (C=O) groups is 3. The Kier molecular flexibility index (Phi) is 46.0. The summed E-state index contributed by atoms with van der Waals surface area (Å²) in [7, 11) is 0. The van der Waals surface area contributed by atoms with Gasteiger partial charge in [0.15, 0.2) is 6.10 Å². The minimum atomic E-state index is -0.800. The summed E-state index contributed by atoms with van der Waals surface area (Å²) < 4.78 is 16.7. The van der Waals surface area contributed by atoms with Crippen LogP contribution in [0.3, 0.4) is 0 Å². The van der Waals surface area contributed by atoms with Crippen LogP contribution in [0.1, 0.15) is 213 Å². The molecule has 0 N–H and O–H groups in total. The Morgan fingerprint density at radius 1 is 0.361 bits per heavy atom. The SMILES string of the molecule is CC\C=C/C=C\C=C/CCCCCCCCCC(=O)OC(COC(=O)CCCCC/C=C\C/C=C\C/C=C\C/C=C\CC)COC(=O)CCCCCCC/C=C\CCCCC. The summed E-state index contributed by atoms with van der Waals surface area (Å²) in [6, 6.07) is 0. The minimum Gasteiger partial charge on any atom is -0.462 e. The zero-order valence-electron chi connectivity index (χ0n) is 39.4. The van der Waals surface area contributed by atoms with Crippen LogP contribution < -0.4 is 0 Å². The maximum Gasteiger partial charge on any atom is 0.306 e. The normalized spacial score (nSPS) is 12.9. The van der Waals surface area contributed by atoms with Gasteiger partial charge in [0.2, 0.25) is 0 Å². The fourth-order valence-electron chi connectivity index (χ4n) is 6.43. The topological polar surface area (TPSA) is 78.9 Å². The lowest BCUT2D eigenvalue weighted by Gasteiger charge is -2.18. The van der Waals surface area contributed by atoms with Crippen LogP contribution in [-0.2, 0) is 28.6 Å². The van der Waals surface area contributed by atoms with Crippen LogP contribution in [-0.4, -0.2) is 37.2 Å². The van der Waals surface area contributed by atoms with Crippen LogP contribution in [0.4, 0.5) is 0 Å². The molecule has 0 saturated heterocycles. The third-order valence-corrected chi connectivity index (χ3v) is 10.1. The summed E-state index contributed by atoms with van der Waals surface area (Å²) in [5, 5.41) is 0. The quantitative estimate of drug-likeness (QED) is 0.0200. The van der Waals surface area contributed by atoms with Crippen molar-refractivity contribution in [3.05, 3.63) is 97.2 Å². The number of allylic oxidation sites excluding steroid dienone is 16. The molecule has 0 aliphatic rings. The van der Waals surface area contributed by atoms with Gasteiger partial charge < -0.3 is 14.2 Å². The van der Waals surface area contributed by atoms with Crippen molar-refractivity contribution < 1.29 is 28.6 Å². The lowest BCUT2D eigenvalue weighted by atomic mass is 10.1. The number of unbranched alkanes of at least 4 members (excludes halogenated alkanes) is 18.